The Hall–Kier alpha value is 0.160. The maximum absolute atomic E-state index is 11.6. The summed E-state index contributed by atoms with van der Waals surface area (Å²) < 4.78 is -0.916. The average Bonchev–Trinajstić information content (AvgIpc) is 2.10. The van der Waals surface area contributed by atoms with Crippen molar-refractivity contribution < 1.29 is 9.59 Å². The monoisotopic (exact) mass is 276 g/mol. The molecule has 1 aliphatic heterocycles. The van der Waals surface area contributed by atoms with E-state index in [1.54, 1.807) is 13.8 Å². The van der Waals surface area contributed by atoms with E-state index < -0.39 is 20.6 Å². The quantitative estimate of drug-likeness (QED) is 0.454. The fraction of sp³-hybridized carbons (Fsp3) is 0.667. The van der Waals surface area contributed by atoms with Crippen LogP contribution < -0.4 is 5.32 Å². The van der Waals surface area contributed by atoms with E-state index in [2.05, 4.69) is 5.32 Å². The minimum atomic E-state index is -1.73. The lowest BCUT2D eigenvalue weighted by Crippen LogP contribution is -2.39. The van der Waals surface area contributed by atoms with E-state index in [0.717, 1.165) is 4.31 Å². The van der Waals surface area contributed by atoms with Crippen molar-refractivity contribution in [2.45, 2.75) is 22.5 Å². The highest BCUT2D eigenvalue weighted by molar-refractivity contribution is 8.03. The molecule has 0 atom stereocenters. The molecule has 1 rings (SSSR count). The number of halogens is 3. The van der Waals surface area contributed by atoms with Crippen molar-refractivity contribution in [2.75, 3.05) is 0 Å². The third-order valence-electron chi connectivity index (χ3n) is 1.52. The minimum Gasteiger partial charge on any atom is -0.323 e. The van der Waals surface area contributed by atoms with E-state index in [4.69, 9.17) is 34.8 Å². The zero-order chi connectivity index (χ0) is 11.1. The lowest BCUT2D eigenvalue weighted by atomic mass is 10.1. The first-order valence-electron chi connectivity index (χ1n) is 3.56. The van der Waals surface area contributed by atoms with Gasteiger partial charge in [0.1, 0.15) is 5.54 Å². The molecular weight excluding hydrogens is 271 g/mol. The smallest absolute Gasteiger partial charge is 0.323 e. The number of nitrogens with one attached hydrogen (secondary N) is 1. The van der Waals surface area contributed by atoms with Crippen LogP contribution in [0.25, 0.3) is 0 Å². The summed E-state index contributed by atoms with van der Waals surface area (Å²) in [6, 6.07) is -0.573. The second-order valence-electron chi connectivity index (χ2n) is 3.19. The number of hydrogen-bond donors (Lipinski definition) is 1. The standard InChI is InChI=1S/C6H7Cl3N2O2S/c1-5(2)3(12)11(4(13)10-5)14-6(7,8)9/h1-2H3,(H,10,13). The molecule has 0 bridgehead atoms. The number of nitrogens with zero attached hydrogens (tertiary/aromatic N) is 1. The van der Waals surface area contributed by atoms with Crippen LogP contribution in [0.4, 0.5) is 4.79 Å². The van der Waals surface area contributed by atoms with Crippen LogP contribution in [-0.2, 0) is 4.79 Å². The van der Waals surface area contributed by atoms with Gasteiger partial charge in [0, 0.05) is 11.9 Å². The molecule has 1 aliphatic rings. The third-order valence-corrected chi connectivity index (χ3v) is 2.86. The van der Waals surface area contributed by atoms with E-state index in [1.807, 2.05) is 0 Å². The summed E-state index contributed by atoms with van der Waals surface area (Å²) in [5.41, 5.74) is -0.944. The zero-order valence-electron chi connectivity index (χ0n) is 7.31. The van der Waals surface area contributed by atoms with E-state index in [0.29, 0.717) is 11.9 Å². The molecule has 0 radical (unpaired) electrons. The number of urea groups is 1. The van der Waals surface area contributed by atoms with Gasteiger partial charge < -0.3 is 5.32 Å². The number of alkyl halides is 3. The second-order valence-corrected chi connectivity index (χ2v) is 7.31. The number of rotatable bonds is 1. The Morgan fingerprint density at radius 2 is 1.86 bits per heavy atom. The second kappa shape index (κ2) is 3.63. The van der Waals surface area contributed by atoms with Crippen LogP contribution in [0, 0.1) is 0 Å². The lowest BCUT2D eigenvalue weighted by molar-refractivity contribution is -0.126. The Kier molecular flexibility index (Phi) is 3.17. The molecule has 4 nitrogen and oxygen atoms in total. The average molecular weight is 278 g/mol. The van der Waals surface area contributed by atoms with Gasteiger partial charge in [-0.25, -0.2) is 4.79 Å². The highest BCUT2D eigenvalue weighted by atomic mass is 35.6. The molecule has 0 aromatic rings. The van der Waals surface area contributed by atoms with Crippen molar-refractivity contribution in [3.63, 3.8) is 0 Å². The van der Waals surface area contributed by atoms with Crippen LogP contribution in [0.5, 0.6) is 0 Å². The summed E-state index contributed by atoms with van der Waals surface area (Å²) in [5.74, 6) is -0.432. The van der Waals surface area contributed by atoms with Crippen molar-refractivity contribution in [1.82, 2.24) is 9.62 Å². The van der Waals surface area contributed by atoms with Crippen LogP contribution in [0.2, 0.25) is 0 Å². The third kappa shape index (κ3) is 2.59. The molecule has 1 heterocycles. The molecule has 1 saturated heterocycles. The number of carbonyl (C=O) groups is 2. The first-order chi connectivity index (χ1) is 6.13. The molecule has 0 unspecified atom stereocenters. The molecule has 0 saturated carbocycles. The zero-order valence-corrected chi connectivity index (χ0v) is 10.4. The maximum Gasteiger partial charge on any atom is 0.335 e. The van der Waals surface area contributed by atoms with Crippen molar-refractivity contribution in [2.24, 2.45) is 0 Å². The van der Waals surface area contributed by atoms with Crippen LogP contribution >= 0.6 is 46.8 Å². The van der Waals surface area contributed by atoms with Crippen LogP contribution in [0.1, 0.15) is 13.8 Å². The van der Waals surface area contributed by atoms with E-state index in [1.165, 1.54) is 0 Å². The Balaban J connectivity index is 2.82. The Morgan fingerprint density at radius 1 is 1.36 bits per heavy atom. The van der Waals surface area contributed by atoms with Gasteiger partial charge in [0.15, 0.2) is 0 Å². The highest BCUT2D eigenvalue weighted by Crippen LogP contribution is 2.42. The Morgan fingerprint density at radius 3 is 2.14 bits per heavy atom. The Bertz CT molecular complexity index is 289. The first kappa shape index (κ1) is 12.2. The van der Waals surface area contributed by atoms with Crippen LogP contribution in [-0.4, -0.2) is 24.9 Å². The lowest BCUT2D eigenvalue weighted by Gasteiger charge is -2.18. The largest absolute Gasteiger partial charge is 0.335 e. The molecule has 0 aromatic carbocycles. The Labute approximate surface area is 100 Å². The summed E-state index contributed by atoms with van der Waals surface area (Å²) in [6.07, 6.45) is 0. The summed E-state index contributed by atoms with van der Waals surface area (Å²) >= 11 is 16.9. The molecule has 14 heavy (non-hydrogen) atoms. The van der Waals surface area contributed by atoms with Gasteiger partial charge in [-0.3, -0.25) is 4.79 Å². The van der Waals surface area contributed by atoms with Gasteiger partial charge in [0.2, 0.25) is 0 Å². The topological polar surface area (TPSA) is 49.4 Å². The molecule has 0 aliphatic carbocycles. The van der Waals surface area contributed by atoms with Gasteiger partial charge in [-0.05, 0) is 13.8 Å². The molecule has 8 heteroatoms. The minimum absolute atomic E-state index is 0.432. The van der Waals surface area contributed by atoms with Gasteiger partial charge in [0.25, 0.3) is 9.03 Å². The molecule has 80 valence electrons. The van der Waals surface area contributed by atoms with Gasteiger partial charge in [0.05, 0.1) is 0 Å². The van der Waals surface area contributed by atoms with Crippen molar-refractivity contribution >= 4 is 58.7 Å². The summed E-state index contributed by atoms with van der Waals surface area (Å²) in [5, 5.41) is 2.46. The highest BCUT2D eigenvalue weighted by Gasteiger charge is 2.47. The predicted octanol–water partition coefficient (Wildman–Crippen LogP) is 2.29. The number of carbonyl (C=O) groups excluding carboxylic acids is 2. The molecule has 0 spiro atoms. The molecule has 1 fully saturated rings. The fourth-order valence-electron chi connectivity index (χ4n) is 0.904. The first-order valence-corrected chi connectivity index (χ1v) is 5.47. The number of amides is 3. The van der Waals surface area contributed by atoms with Crippen LogP contribution in [0.15, 0.2) is 0 Å². The summed E-state index contributed by atoms with van der Waals surface area (Å²) in [7, 11) is 0. The maximum atomic E-state index is 11.6. The molecule has 1 N–H and O–H groups in total. The van der Waals surface area contributed by atoms with Crippen LogP contribution in [0.3, 0.4) is 0 Å². The van der Waals surface area contributed by atoms with E-state index in [-0.39, 0.29) is 0 Å². The number of imide groups is 1. The fourth-order valence-corrected chi connectivity index (χ4v) is 2.17. The van der Waals surface area contributed by atoms with Gasteiger partial charge in [-0.15, -0.1) is 0 Å². The van der Waals surface area contributed by atoms with Crippen molar-refractivity contribution in [3.05, 3.63) is 0 Å². The summed E-state index contributed by atoms with van der Waals surface area (Å²) in [4.78, 5) is 22.8. The van der Waals surface area contributed by atoms with Gasteiger partial charge in [-0.2, -0.15) is 4.31 Å². The molecular formula is C6H7Cl3N2O2S. The van der Waals surface area contributed by atoms with Crippen molar-refractivity contribution in [3.8, 4) is 0 Å². The normalized spacial score (nSPS) is 21.4. The predicted molar refractivity (Wildman–Crippen MR) is 57.3 cm³/mol. The molecule has 0 aromatic heterocycles. The molecule has 3 amide bonds. The van der Waals surface area contributed by atoms with Gasteiger partial charge >= 0.3 is 6.03 Å². The SMILES string of the molecule is CC1(C)NC(=O)N(SC(Cl)(Cl)Cl)C1=O. The van der Waals surface area contributed by atoms with E-state index >= 15 is 0 Å². The number of hydrogen-bond acceptors (Lipinski definition) is 3. The summed E-state index contributed by atoms with van der Waals surface area (Å²) in [6.45, 7) is 3.15. The van der Waals surface area contributed by atoms with Gasteiger partial charge in [-0.1, -0.05) is 34.8 Å². The van der Waals surface area contributed by atoms with Crippen molar-refractivity contribution in [1.29, 1.82) is 0 Å². The van der Waals surface area contributed by atoms with E-state index in [9.17, 15) is 9.59 Å².